The van der Waals surface area contributed by atoms with Gasteiger partial charge in [-0.2, -0.15) is 5.10 Å². The number of phenolic OH excluding ortho intramolecular Hbond substituents is 1. The highest BCUT2D eigenvalue weighted by Crippen LogP contribution is 2.36. The molecule has 2 heterocycles. The molecular formula is C37H42ClN5O5. The standard InChI is InChI=1S/C37H42ClN5O5/c1-23-9-18-32(44)28(20-23)33-29(22-42(5)41-33)25-12-16-27(17-13-25)39-34(45)31-8-6-7-19-43(31)35(46)30(40-36(47)48-37(2,3)4)21-24-10-14-26(38)15-11-24/h9-18,20,22,30-31,44H,6-8,19,21H2,1-5H3,(H,39,45)(H,40,47)/t30-,31?/m0/s1. The summed E-state index contributed by atoms with van der Waals surface area (Å²) in [6.07, 6.45) is 3.42. The predicted octanol–water partition coefficient (Wildman–Crippen LogP) is 6.88. The largest absolute Gasteiger partial charge is 0.507 e. The van der Waals surface area contributed by atoms with Crippen LogP contribution in [0.25, 0.3) is 22.4 Å². The Morgan fingerprint density at radius 3 is 2.42 bits per heavy atom. The zero-order chi connectivity index (χ0) is 34.6. The average Bonchev–Trinajstić information content (AvgIpc) is 3.43. The molecule has 0 bridgehead atoms. The van der Waals surface area contributed by atoms with Crippen LogP contribution in [0.1, 0.15) is 51.2 Å². The quantitative estimate of drug-likeness (QED) is 0.188. The lowest BCUT2D eigenvalue weighted by molar-refractivity contribution is -0.142. The fourth-order valence-corrected chi connectivity index (χ4v) is 6.00. The van der Waals surface area contributed by atoms with E-state index in [0.29, 0.717) is 34.9 Å². The first kappa shape index (κ1) is 34.5. The molecule has 5 rings (SSSR count). The lowest BCUT2D eigenvalue weighted by Gasteiger charge is -2.37. The number of anilines is 1. The number of halogens is 1. The lowest BCUT2D eigenvalue weighted by Crippen LogP contribution is -2.57. The Morgan fingerprint density at radius 2 is 1.73 bits per heavy atom. The smallest absolute Gasteiger partial charge is 0.408 e. The zero-order valence-electron chi connectivity index (χ0n) is 27.9. The van der Waals surface area contributed by atoms with E-state index >= 15 is 0 Å². The van der Waals surface area contributed by atoms with Gasteiger partial charge in [0.2, 0.25) is 11.8 Å². The number of likely N-dealkylation sites (tertiary alicyclic amines) is 1. The Bertz CT molecular complexity index is 1780. The van der Waals surface area contributed by atoms with Crippen molar-refractivity contribution < 1.29 is 24.2 Å². The van der Waals surface area contributed by atoms with E-state index in [0.717, 1.165) is 35.1 Å². The Labute approximate surface area is 286 Å². The summed E-state index contributed by atoms with van der Waals surface area (Å²) in [4.78, 5) is 42.1. The van der Waals surface area contributed by atoms with Crippen LogP contribution >= 0.6 is 11.6 Å². The van der Waals surface area contributed by atoms with Crippen LogP contribution < -0.4 is 10.6 Å². The van der Waals surface area contributed by atoms with E-state index in [1.807, 2.05) is 68.7 Å². The number of benzene rings is 3. The fraction of sp³-hybridized carbons (Fsp3) is 0.351. The molecule has 3 N–H and O–H groups in total. The summed E-state index contributed by atoms with van der Waals surface area (Å²) in [5.74, 6) is -0.507. The van der Waals surface area contributed by atoms with Gasteiger partial charge in [0.15, 0.2) is 0 Å². The third-order valence-electron chi connectivity index (χ3n) is 8.13. The molecule has 11 heteroatoms. The Balaban J connectivity index is 1.33. The topological polar surface area (TPSA) is 126 Å². The number of hydrogen-bond donors (Lipinski definition) is 3. The van der Waals surface area contributed by atoms with E-state index < -0.39 is 23.8 Å². The molecule has 3 aromatic carbocycles. The summed E-state index contributed by atoms with van der Waals surface area (Å²) < 4.78 is 7.17. The number of aromatic nitrogens is 2. The third-order valence-corrected chi connectivity index (χ3v) is 8.38. The number of nitrogens with one attached hydrogen (secondary N) is 2. The van der Waals surface area contributed by atoms with Crippen LogP contribution in [-0.2, 0) is 27.8 Å². The maximum atomic E-state index is 14.1. The summed E-state index contributed by atoms with van der Waals surface area (Å²) in [6.45, 7) is 7.61. The first-order valence-electron chi connectivity index (χ1n) is 16.1. The first-order chi connectivity index (χ1) is 22.8. The van der Waals surface area contributed by atoms with E-state index in [1.165, 1.54) is 0 Å². The average molecular weight is 672 g/mol. The van der Waals surface area contributed by atoms with Crippen molar-refractivity contribution in [3.63, 3.8) is 0 Å². The number of alkyl carbamates (subject to hydrolysis) is 1. The van der Waals surface area contributed by atoms with Crippen LogP contribution in [0.5, 0.6) is 5.75 Å². The van der Waals surface area contributed by atoms with Crippen molar-refractivity contribution in [2.24, 2.45) is 7.05 Å². The number of phenols is 1. The van der Waals surface area contributed by atoms with Gasteiger partial charge in [0.25, 0.3) is 0 Å². The number of nitrogens with zero attached hydrogens (tertiary/aromatic N) is 3. The monoisotopic (exact) mass is 671 g/mol. The summed E-state index contributed by atoms with van der Waals surface area (Å²) in [6, 6.07) is 18.2. The van der Waals surface area contributed by atoms with E-state index in [2.05, 4.69) is 15.7 Å². The van der Waals surface area contributed by atoms with Gasteiger partial charge < -0.3 is 25.4 Å². The van der Waals surface area contributed by atoms with Gasteiger partial charge in [0.05, 0.1) is 0 Å². The van der Waals surface area contributed by atoms with Gasteiger partial charge >= 0.3 is 6.09 Å². The minimum absolute atomic E-state index is 0.146. The lowest BCUT2D eigenvalue weighted by atomic mass is 9.97. The molecule has 10 nitrogen and oxygen atoms in total. The molecule has 1 aliphatic heterocycles. The maximum absolute atomic E-state index is 14.1. The number of aromatic hydroxyl groups is 1. The van der Waals surface area contributed by atoms with Crippen LogP contribution in [0, 0.1) is 6.92 Å². The highest BCUT2D eigenvalue weighted by Gasteiger charge is 2.37. The highest BCUT2D eigenvalue weighted by atomic mass is 35.5. The molecule has 0 saturated carbocycles. The molecule has 4 aromatic rings. The molecule has 0 aliphatic carbocycles. The molecule has 1 aromatic heterocycles. The second kappa shape index (κ2) is 14.5. The van der Waals surface area contributed by atoms with Crippen molar-refractivity contribution in [3.8, 4) is 28.1 Å². The molecule has 1 fully saturated rings. The van der Waals surface area contributed by atoms with Crippen LogP contribution in [0.4, 0.5) is 10.5 Å². The van der Waals surface area contributed by atoms with Crippen molar-refractivity contribution in [3.05, 3.63) is 89.1 Å². The molecule has 1 saturated heterocycles. The molecular weight excluding hydrogens is 630 g/mol. The number of carbonyl (C=O) groups excluding carboxylic acids is 3. The fourth-order valence-electron chi connectivity index (χ4n) is 5.87. The number of piperidine rings is 1. The van der Waals surface area contributed by atoms with Crippen LogP contribution in [0.15, 0.2) is 72.9 Å². The van der Waals surface area contributed by atoms with E-state index in [9.17, 15) is 19.5 Å². The highest BCUT2D eigenvalue weighted by molar-refractivity contribution is 6.30. The molecule has 2 atom stereocenters. The number of hydrogen-bond acceptors (Lipinski definition) is 6. The summed E-state index contributed by atoms with van der Waals surface area (Å²) in [5.41, 5.74) is 4.64. The van der Waals surface area contributed by atoms with Crippen molar-refractivity contribution >= 4 is 35.2 Å². The maximum Gasteiger partial charge on any atom is 0.408 e. The molecule has 252 valence electrons. The number of ether oxygens (including phenoxy) is 1. The van der Waals surface area contributed by atoms with Crippen LogP contribution in [0.2, 0.25) is 5.02 Å². The van der Waals surface area contributed by atoms with Crippen molar-refractivity contribution in [1.82, 2.24) is 20.0 Å². The van der Waals surface area contributed by atoms with Gasteiger partial charge in [-0.1, -0.05) is 47.5 Å². The molecule has 0 spiro atoms. The van der Waals surface area contributed by atoms with E-state index in [1.54, 1.807) is 48.6 Å². The Kier molecular flexibility index (Phi) is 10.4. The minimum atomic E-state index is -0.949. The van der Waals surface area contributed by atoms with Crippen LogP contribution in [-0.4, -0.2) is 61.9 Å². The predicted molar refractivity (Wildman–Crippen MR) is 187 cm³/mol. The summed E-state index contributed by atoms with van der Waals surface area (Å²) in [5, 5.41) is 21.5. The van der Waals surface area contributed by atoms with Gasteiger partial charge in [0, 0.05) is 48.0 Å². The molecule has 48 heavy (non-hydrogen) atoms. The Hall–Kier alpha value is -4.83. The normalized spacial score (nSPS) is 15.5. The number of amides is 3. The third kappa shape index (κ3) is 8.55. The van der Waals surface area contributed by atoms with E-state index in [-0.39, 0.29) is 24.0 Å². The second-order valence-corrected chi connectivity index (χ2v) is 13.7. The summed E-state index contributed by atoms with van der Waals surface area (Å²) in [7, 11) is 1.83. The van der Waals surface area contributed by atoms with Gasteiger partial charge in [-0.05, 0) is 94.5 Å². The molecule has 3 amide bonds. The van der Waals surface area contributed by atoms with Crippen molar-refractivity contribution in [2.45, 2.75) is 71.1 Å². The van der Waals surface area contributed by atoms with Gasteiger partial charge in [-0.15, -0.1) is 0 Å². The van der Waals surface area contributed by atoms with Gasteiger partial charge in [-0.25, -0.2) is 4.79 Å². The summed E-state index contributed by atoms with van der Waals surface area (Å²) >= 11 is 6.07. The van der Waals surface area contributed by atoms with Crippen LogP contribution in [0.3, 0.4) is 0 Å². The number of carbonyl (C=O) groups is 3. The van der Waals surface area contributed by atoms with Crippen molar-refractivity contribution in [2.75, 3.05) is 11.9 Å². The second-order valence-electron chi connectivity index (χ2n) is 13.2. The SMILES string of the molecule is Cc1ccc(O)c(-c2nn(C)cc2-c2ccc(NC(=O)C3CCCCN3C(=O)[C@H](Cc3ccc(Cl)cc3)NC(=O)OC(C)(C)C)cc2)c1. The van der Waals surface area contributed by atoms with Crippen molar-refractivity contribution in [1.29, 1.82) is 0 Å². The first-order valence-corrected chi connectivity index (χ1v) is 16.4. The molecule has 1 unspecified atom stereocenters. The Morgan fingerprint density at radius 1 is 1.02 bits per heavy atom. The van der Waals surface area contributed by atoms with E-state index in [4.69, 9.17) is 16.3 Å². The molecule has 0 radical (unpaired) electrons. The van der Waals surface area contributed by atoms with Gasteiger partial charge in [0.1, 0.15) is 29.1 Å². The van der Waals surface area contributed by atoms with Gasteiger partial charge in [-0.3, -0.25) is 14.3 Å². The zero-order valence-corrected chi connectivity index (χ0v) is 28.7. The minimum Gasteiger partial charge on any atom is -0.507 e. The molecule has 1 aliphatic rings. The number of aryl methyl sites for hydroxylation is 2. The number of rotatable bonds is 8.